The molecule has 0 heterocycles. The summed E-state index contributed by atoms with van der Waals surface area (Å²) < 4.78 is 0. The molecule has 8 heavy (non-hydrogen) atoms. The van der Waals surface area contributed by atoms with Gasteiger partial charge in [-0.15, -0.1) is 0 Å². The Bertz CT molecular complexity index is 89.2. The van der Waals surface area contributed by atoms with Crippen molar-refractivity contribution >= 4 is 5.78 Å². The van der Waals surface area contributed by atoms with Crippen LogP contribution in [0.15, 0.2) is 0 Å². The highest BCUT2D eigenvalue weighted by Gasteiger charge is 2.20. The van der Waals surface area contributed by atoms with Gasteiger partial charge < -0.3 is 5.11 Å². The lowest BCUT2D eigenvalue weighted by molar-refractivity contribution is -0.133. The molecule has 0 aromatic rings. The van der Waals surface area contributed by atoms with Crippen LogP contribution >= 0.6 is 0 Å². The number of Topliss-reactive ketones (excluding diaryl/α,β-unsaturated/α-hetero) is 1. The number of hydrogen-bond donors (Lipinski definition) is 1. The van der Waals surface area contributed by atoms with Crippen LogP contribution in [0.1, 0.15) is 20.3 Å². The molecule has 0 spiro atoms. The van der Waals surface area contributed by atoms with Crippen LogP contribution in [-0.4, -0.2) is 16.5 Å². The smallest absolute Gasteiger partial charge is 0.163 e. The molecule has 0 saturated carbocycles. The van der Waals surface area contributed by atoms with E-state index in [0.717, 1.165) is 0 Å². The lowest BCUT2D eigenvalue weighted by Gasteiger charge is -2.12. The summed E-state index contributed by atoms with van der Waals surface area (Å²) in [5.74, 6) is -0.225. The Labute approximate surface area is 49.5 Å². The van der Waals surface area contributed by atoms with Crippen molar-refractivity contribution in [1.29, 1.82) is 0 Å². The lowest BCUT2D eigenvalue weighted by Crippen LogP contribution is -2.30. The van der Waals surface area contributed by atoms with Gasteiger partial charge in [0, 0.05) is 6.42 Å². The largest absolute Gasteiger partial charge is 0.383 e. The summed E-state index contributed by atoms with van der Waals surface area (Å²) in [6.45, 7) is 6.26. The molecule has 0 bridgehead atoms. The summed E-state index contributed by atoms with van der Waals surface area (Å²) in [6, 6.07) is 0. The first-order chi connectivity index (χ1) is 3.48. The minimum absolute atomic E-state index is 0.156. The van der Waals surface area contributed by atoms with E-state index in [2.05, 4.69) is 6.92 Å². The highest BCUT2D eigenvalue weighted by molar-refractivity contribution is 5.86. The Morgan fingerprint density at radius 2 is 2.12 bits per heavy atom. The van der Waals surface area contributed by atoms with Gasteiger partial charge in [0.2, 0.25) is 0 Å². The molecule has 0 aliphatic carbocycles. The van der Waals surface area contributed by atoms with E-state index in [1.807, 2.05) is 0 Å². The first-order valence-corrected chi connectivity index (χ1v) is 2.53. The van der Waals surface area contributed by atoms with Crippen molar-refractivity contribution in [1.82, 2.24) is 0 Å². The molecule has 47 valence electrons. The Morgan fingerprint density at radius 3 is 2.12 bits per heavy atom. The Hall–Kier alpha value is -0.370. The van der Waals surface area contributed by atoms with Crippen LogP contribution in [0.4, 0.5) is 0 Å². The van der Waals surface area contributed by atoms with E-state index >= 15 is 0 Å². The van der Waals surface area contributed by atoms with Gasteiger partial charge in [0.15, 0.2) is 5.78 Å². The van der Waals surface area contributed by atoms with Gasteiger partial charge in [-0.2, -0.15) is 0 Å². The van der Waals surface area contributed by atoms with Crippen molar-refractivity contribution in [2.75, 3.05) is 0 Å². The van der Waals surface area contributed by atoms with Crippen molar-refractivity contribution in [2.24, 2.45) is 0 Å². The van der Waals surface area contributed by atoms with Crippen molar-refractivity contribution in [3.05, 3.63) is 6.92 Å². The molecule has 0 atom stereocenters. The monoisotopic (exact) mass is 115 g/mol. The SMILES string of the molecule is [CH2]CC(=O)C(C)(C)O. The third-order valence-corrected chi connectivity index (χ3v) is 0.909. The summed E-state index contributed by atoms with van der Waals surface area (Å²) >= 11 is 0. The van der Waals surface area contributed by atoms with Crippen molar-refractivity contribution in [3.63, 3.8) is 0 Å². The fourth-order valence-corrected chi connectivity index (χ4v) is 0.306. The normalized spacial score (nSPS) is 11.5. The Balaban J connectivity index is 3.82. The minimum Gasteiger partial charge on any atom is -0.383 e. The summed E-state index contributed by atoms with van der Waals surface area (Å²) in [5.41, 5.74) is -1.19. The molecule has 0 fully saturated rings. The van der Waals surface area contributed by atoms with Crippen LogP contribution in [0.5, 0.6) is 0 Å². The zero-order valence-electron chi connectivity index (χ0n) is 5.27. The maximum atomic E-state index is 10.5. The average molecular weight is 115 g/mol. The third kappa shape index (κ3) is 2.07. The first-order valence-electron chi connectivity index (χ1n) is 2.53. The molecular formula is C6H11O2. The van der Waals surface area contributed by atoms with Gasteiger partial charge in [-0.1, -0.05) is 0 Å². The molecule has 0 aromatic heterocycles. The van der Waals surface area contributed by atoms with Gasteiger partial charge in [0.05, 0.1) is 0 Å². The van der Waals surface area contributed by atoms with E-state index in [1.165, 1.54) is 13.8 Å². The van der Waals surface area contributed by atoms with E-state index in [0.29, 0.717) is 0 Å². The molecule has 0 saturated heterocycles. The van der Waals surface area contributed by atoms with E-state index in [-0.39, 0.29) is 12.2 Å². The van der Waals surface area contributed by atoms with Crippen LogP contribution in [-0.2, 0) is 4.79 Å². The molecular weight excluding hydrogens is 104 g/mol. The fourth-order valence-electron chi connectivity index (χ4n) is 0.306. The highest BCUT2D eigenvalue weighted by atomic mass is 16.3. The van der Waals surface area contributed by atoms with Crippen molar-refractivity contribution in [3.8, 4) is 0 Å². The quantitative estimate of drug-likeness (QED) is 0.570. The van der Waals surface area contributed by atoms with E-state index in [1.54, 1.807) is 0 Å². The van der Waals surface area contributed by atoms with Crippen LogP contribution < -0.4 is 0 Å². The molecule has 0 rings (SSSR count). The molecule has 0 aromatic carbocycles. The maximum absolute atomic E-state index is 10.5. The third-order valence-electron chi connectivity index (χ3n) is 0.909. The average Bonchev–Trinajstić information content (AvgIpc) is 1.62. The Morgan fingerprint density at radius 1 is 1.75 bits per heavy atom. The van der Waals surface area contributed by atoms with E-state index in [4.69, 9.17) is 5.11 Å². The summed E-state index contributed by atoms with van der Waals surface area (Å²) in [6.07, 6.45) is 0.156. The highest BCUT2D eigenvalue weighted by Crippen LogP contribution is 2.03. The number of ketones is 1. The number of carbonyl (C=O) groups is 1. The number of aliphatic hydroxyl groups is 1. The topological polar surface area (TPSA) is 37.3 Å². The first kappa shape index (κ1) is 7.63. The fraction of sp³-hybridized carbons (Fsp3) is 0.667. The second kappa shape index (κ2) is 2.27. The van der Waals surface area contributed by atoms with Crippen LogP contribution in [0.2, 0.25) is 0 Å². The zero-order valence-corrected chi connectivity index (χ0v) is 5.27. The molecule has 2 heteroatoms. The Kier molecular flexibility index (Phi) is 2.16. The standard InChI is InChI=1S/C6H11O2/c1-4-5(7)6(2,3)8/h8H,1,4H2,2-3H3. The van der Waals surface area contributed by atoms with Gasteiger partial charge in [-0.25, -0.2) is 0 Å². The number of hydrogen-bond acceptors (Lipinski definition) is 2. The van der Waals surface area contributed by atoms with E-state index < -0.39 is 5.60 Å². The van der Waals surface area contributed by atoms with Gasteiger partial charge in [0.1, 0.15) is 5.60 Å². The minimum atomic E-state index is -1.19. The van der Waals surface area contributed by atoms with Gasteiger partial charge in [0.25, 0.3) is 0 Å². The zero-order chi connectivity index (χ0) is 6.78. The van der Waals surface area contributed by atoms with E-state index in [9.17, 15) is 4.79 Å². The van der Waals surface area contributed by atoms with Gasteiger partial charge in [-0.3, -0.25) is 4.79 Å². The maximum Gasteiger partial charge on any atom is 0.163 e. The lowest BCUT2D eigenvalue weighted by atomic mass is 10.0. The van der Waals surface area contributed by atoms with Crippen molar-refractivity contribution in [2.45, 2.75) is 25.9 Å². The molecule has 1 N–H and O–H groups in total. The molecule has 0 amide bonds. The molecule has 1 radical (unpaired) electrons. The second-order valence-electron chi connectivity index (χ2n) is 2.23. The van der Waals surface area contributed by atoms with Gasteiger partial charge in [-0.05, 0) is 20.8 Å². The summed E-state index contributed by atoms with van der Waals surface area (Å²) in [5, 5.41) is 8.90. The molecule has 0 aliphatic rings. The summed E-state index contributed by atoms with van der Waals surface area (Å²) in [7, 11) is 0. The van der Waals surface area contributed by atoms with Crippen molar-refractivity contribution < 1.29 is 9.90 Å². The van der Waals surface area contributed by atoms with Crippen LogP contribution in [0.3, 0.4) is 0 Å². The van der Waals surface area contributed by atoms with Crippen LogP contribution in [0, 0.1) is 6.92 Å². The predicted octanol–water partition coefficient (Wildman–Crippen LogP) is 0.551. The molecule has 2 nitrogen and oxygen atoms in total. The predicted molar refractivity (Wildman–Crippen MR) is 31.3 cm³/mol. The second-order valence-corrected chi connectivity index (χ2v) is 2.23. The van der Waals surface area contributed by atoms with Gasteiger partial charge >= 0.3 is 0 Å². The summed E-state index contributed by atoms with van der Waals surface area (Å²) in [4.78, 5) is 10.5. The number of carbonyl (C=O) groups excluding carboxylic acids is 1. The number of rotatable bonds is 2. The molecule has 0 unspecified atom stereocenters. The van der Waals surface area contributed by atoms with Crippen LogP contribution in [0.25, 0.3) is 0 Å². The molecule has 0 aliphatic heterocycles.